The van der Waals surface area contributed by atoms with Crippen LogP contribution in [0.25, 0.3) is 26.8 Å². The molecular formula is C24H17N5O3S. The summed E-state index contributed by atoms with van der Waals surface area (Å²) < 4.78 is 2.29. The fourth-order valence-corrected chi connectivity index (χ4v) is 4.36. The summed E-state index contributed by atoms with van der Waals surface area (Å²) in [7, 11) is 0. The molecule has 0 aliphatic carbocycles. The second-order valence-corrected chi connectivity index (χ2v) is 8.35. The second-order valence-electron chi connectivity index (χ2n) is 7.32. The van der Waals surface area contributed by atoms with Crippen LogP contribution in [-0.4, -0.2) is 26.3 Å². The van der Waals surface area contributed by atoms with Crippen molar-refractivity contribution in [2.45, 2.75) is 6.92 Å². The monoisotopic (exact) mass is 455 g/mol. The van der Waals surface area contributed by atoms with Crippen LogP contribution < -0.4 is 16.2 Å². The Morgan fingerprint density at radius 1 is 0.939 bits per heavy atom. The van der Waals surface area contributed by atoms with Gasteiger partial charge in [0.05, 0.1) is 26.8 Å². The quantitative estimate of drug-likeness (QED) is 0.422. The van der Waals surface area contributed by atoms with Gasteiger partial charge in [0, 0.05) is 18.2 Å². The minimum Gasteiger partial charge on any atom is -0.326 e. The number of nitrogens with zero attached hydrogens (tertiary/aromatic N) is 3. The molecule has 0 aliphatic heterocycles. The Hall–Kier alpha value is -4.37. The fraction of sp³-hybridized carbons (Fsp3) is 0.0417. The number of rotatable bonds is 4. The number of benzene rings is 3. The smallest absolute Gasteiger partial charge is 0.265 e. The van der Waals surface area contributed by atoms with Crippen molar-refractivity contribution in [1.29, 1.82) is 0 Å². The summed E-state index contributed by atoms with van der Waals surface area (Å²) in [6.07, 6.45) is 1.48. The second kappa shape index (κ2) is 8.29. The van der Waals surface area contributed by atoms with E-state index in [4.69, 9.17) is 0 Å². The van der Waals surface area contributed by atoms with Gasteiger partial charge < -0.3 is 5.32 Å². The van der Waals surface area contributed by atoms with E-state index in [1.54, 1.807) is 54.6 Å². The van der Waals surface area contributed by atoms with Gasteiger partial charge in [0.2, 0.25) is 5.91 Å². The minimum atomic E-state index is -0.313. The first-order chi connectivity index (χ1) is 16.0. The van der Waals surface area contributed by atoms with Gasteiger partial charge in [-0.3, -0.25) is 24.3 Å². The van der Waals surface area contributed by atoms with Crippen molar-refractivity contribution in [1.82, 2.24) is 14.5 Å². The third kappa shape index (κ3) is 4.09. The van der Waals surface area contributed by atoms with Crippen LogP contribution >= 0.6 is 11.3 Å². The van der Waals surface area contributed by atoms with Crippen LogP contribution in [0.5, 0.6) is 0 Å². The van der Waals surface area contributed by atoms with Gasteiger partial charge >= 0.3 is 0 Å². The molecule has 33 heavy (non-hydrogen) atoms. The minimum absolute atomic E-state index is 0.155. The van der Waals surface area contributed by atoms with Crippen LogP contribution in [0, 0.1) is 0 Å². The topological polar surface area (TPSA) is 106 Å². The molecule has 0 fully saturated rings. The largest absolute Gasteiger partial charge is 0.326 e. The lowest BCUT2D eigenvalue weighted by molar-refractivity contribution is -0.114. The molecule has 0 atom stereocenters. The van der Waals surface area contributed by atoms with Gasteiger partial charge in [-0.25, -0.2) is 9.97 Å². The number of thiazole rings is 1. The molecule has 3 aromatic carbocycles. The molecule has 5 aromatic rings. The number of amides is 2. The zero-order valence-corrected chi connectivity index (χ0v) is 18.2. The normalized spacial score (nSPS) is 10.9. The van der Waals surface area contributed by atoms with E-state index in [-0.39, 0.29) is 17.4 Å². The summed E-state index contributed by atoms with van der Waals surface area (Å²) in [6.45, 7) is 1.45. The molecule has 0 saturated carbocycles. The van der Waals surface area contributed by atoms with Gasteiger partial charge in [-0.1, -0.05) is 23.5 Å². The van der Waals surface area contributed by atoms with E-state index < -0.39 is 0 Å². The van der Waals surface area contributed by atoms with Gasteiger partial charge in [-0.05, 0) is 54.6 Å². The van der Waals surface area contributed by atoms with Crippen LogP contribution in [0.15, 0.2) is 77.9 Å². The molecule has 5 rings (SSSR count). The van der Waals surface area contributed by atoms with E-state index in [1.165, 1.54) is 29.2 Å². The SMILES string of the molecule is CC(=O)Nc1ccc2nc(NC(=O)c3ccc(-n4cnc5ccccc5c4=O)cc3)sc2c1. The van der Waals surface area contributed by atoms with E-state index in [0.29, 0.717) is 33.0 Å². The van der Waals surface area contributed by atoms with E-state index in [9.17, 15) is 14.4 Å². The molecule has 2 heterocycles. The van der Waals surface area contributed by atoms with Gasteiger partial charge in [0.25, 0.3) is 11.5 Å². The number of anilines is 2. The Kier molecular flexibility index (Phi) is 5.15. The third-order valence-electron chi connectivity index (χ3n) is 5.00. The predicted molar refractivity (Wildman–Crippen MR) is 129 cm³/mol. The van der Waals surface area contributed by atoms with E-state index in [0.717, 1.165) is 10.2 Å². The number of para-hydroxylation sites is 1. The molecule has 0 unspecified atom stereocenters. The van der Waals surface area contributed by atoms with Gasteiger partial charge in [-0.15, -0.1) is 0 Å². The molecule has 0 bridgehead atoms. The Bertz CT molecular complexity index is 1590. The van der Waals surface area contributed by atoms with Crippen LogP contribution in [0.1, 0.15) is 17.3 Å². The predicted octanol–water partition coefficient (Wildman–Crippen LogP) is 4.21. The van der Waals surface area contributed by atoms with Crippen molar-refractivity contribution in [3.05, 3.63) is 89.0 Å². The van der Waals surface area contributed by atoms with Gasteiger partial charge in [0.1, 0.15) is 6.33 Å². The molecule has 0 radical (unpaired) electrons. The summed E-state index contributed by atoms with van der Waals surface area (Å²) >= 11 is 1.32. The summed E-state index contributed by atoms with van der Waals surface area (Å²) in [5.74, 6) is -0.468. The van der Waals surface area contributed by atoms with Crippen molar-refractivity contribution in [2.24, 2.45) is 0 Å². The molecule has 9 heteroatoms. The summed E-state index contributed by atoms with van der Waals surface area (Å²) in [6, 6.07) is 19.2. The highest BCUT2D eigenvalue weighted by Crippen LogP contribution is 2.28. The maximum absolute atomic E-state index is 12.8. The first-order valence-electron chi connectivity index (χ1n) is 10.0. The highest BCUT2D eigenvalue weighted by Gasteiger charge is 2.12. The number of hydrogen-bond acceptors (Lipinski definition) is 6. The summed E-state index contributed by atoms with van der Waals surface area (Å²) in [5, 5.41) is 6.51. The maximum atomic E-state index is 12.8. The molecule has 0 spiro atoms. The van der Waals surface area contributed by atoms with Crippen molar-refractivity contribution >= 4 is 55.1 Å². The first kappa shape index (κ1) is 20.5. The molecule has 2 N–H and O–H groups in total. The lowest BCUT2D eigenvalue weighted by Gasteiger charge is -2.08. The highest BCUT2D eigenvalue weighted by molar-refractivity contribution is 7.22. The molecule has 162 valence electrons. The molecule has 0 aliphatic rings. The average molecular weight is 455 g/mol. The maximum Gasteiger partial charge on any atom is 0.265 e. The van der Waals surface area contributed by atoms with E-state index >= 15 is 0 Å². The van der Waals surface area contributed by atoms with Crippen LogP contribution in [0.3, 0.4) is 0 Å². The third-order valence-corrected chi connectivity index (χ3v) is 5.94. The van der Waals surface area contributed by atoms with E-state index in [1.807, 2.05) is 12.1 Å². The van der Waals surface area contributed by atoms with Crippen LogP contribution in [-0.2, 0) is 4.79 Å². The van der Waals surface area contributed by atoms with Crippen molar-refractivity contribution in [3.8, 4) is 5.69 Å². The molecular weight excluding hydrogens is 438 g/mol. The highest BCUT2D eigenvalue weighted by atomic mass is 32.1. The summed E-state index contributed by atoms with van der Waals surface area (Å²) in [5.41, 5.74) is 2.90. The lowest BCUT2D eigenvalue weighted by atomic mass is 10.2. The number of carbonyl (C=O) groups is 2. The van der Waals surface area contributed by atoms with Crippen LogP contribution in [0.4, 0.5) is 10.8 Å². The number of hydrogen-bond donors (Lipinski definition) is 2. The van der Waals surface area contributed by atoms with Crippen molar-refractivity contribution in [2.75, 3.05) is 10.6 Å². The zero-order chi connectivity index (χ0) is 22.9. The Balaban J connectivity index is 1.36. The Morgan fingerprint density at radius 3 is 2.52 bits per heavy atom. The molecule has 0 saturated heterocycles. The zero-order valence-electron chi connectivity index (χ0n) is 17.4. The Labute approximate surface area is 191 Å². The van der Waals surface area contributed by atoms with Crippen molar-refractivity contribution in [3.63, 3.8) is 0 Å². The number of nitrogens with one attached hydrogen (secondary N) is 2. The van der Waals surface area contributed by atoms with Gasteiger partial charge in [0.15, 0.2) is 5.13 Å². The number of aromatic nitrogens is 3. The number of fused-ring (bicyclic) bond motifs is 2. The number of carbonyl (C=O) groups excluding carboxylic acids is 2. The molecule has 2 aromatic heterocycles. The lowest BCUT2D eigenvalue weighted by Crippen LogP contribution is -2.19. The van der Waals surface area contributed by atoms with E-state index in [2.05, 4.69) is 20.6 Å². The molecule has 8 nitrogen and oxygen atoms in total. The van der Waals surface area contributed by atoms with Crippen LogP contribution in [0.2, 0.25) is 0 Å². The van der Waals surface area contributed by atoms with Gasteiger partial charge in [-0.2, -0.15) is 0 Å². The average Bonchev–Trinajstić information content (AvgIpc) is 3.21. The first-order valence-corrected chi connectivity index (χ1v) is 10.9. The van der Waals surface area contributed by atoms with Crippen molar-refractivity contribution < 1.29 is 9.59 Å². The standard InChI is InChI=1S/C24H17N5O3S/c1-14(30)26-16-8-11-20-21(12-16)33-24(27-20)28-22(31)15-6-9-17(10-7-15)29-13-25-19-5-3-2-4-18(19)23(29)32/h2-13H,1H3,(H,26,30)(H,27,28,31). The fourth-order valence-electron chi connectivity index (χ4n) is 3.45. The molecule has 2 amide bonds. The summed E-state index contributed by atoms with van der Waals surface area (Å²) in [4.78, 5) is 45.5. The Morgan fingerprint density at radius 2 is 1.73 bits per heavy atom.